The van der Waals surface area contributed by atoms with E-state index in [4.69, 9.17) is 17.7 Å². The minimum Gasteiger partial charge on any atom is -0.456 e. The van der Waals surface area contributed by atoms with Gasteiger partial charge in [0.15, 0.2) is 0 Å². The molecule has 0 amide bonds. The number of aryl methyl sites for hydroxylation is 2. The number of fused-ring (bicyclic) bond motifs is 17. The smallest absolute Gasteiger partial charge is 0.139 e. The molecular formula is C72H56N2O4. The van der Waals surface area contributed by atoms with Crippen LogP contribution in [0.1, 0.15) is 63.8 Å². The number of benzene rings is 11. The van der Waals surface area contributed by atoms with Crippen molar-refractivity contribution in [2.24, 2.45) is 0 Å². The summed E-state index contributed by atoms with van der Waals surface area (Å²) in [6, 6.07) is 70.0. The number of rotatable bonds is 6. The molecule has 0 spiro atoms. The second kappa shape index (κ2) is 16.6. The molecule has 6 heteroatoms. The summed E-state index contributed by atoms with van der Waals surface area (Å²) in [6.45, 7) is 17.7. The van der Waals surface area contributed by atoms with E-state index in [2.05, 4.69) is 259 Å². The predicted molar refractivity (Wildman–Crippen MR) is 327 cm³/mol. The molecule has 0 N–H and O–H groups in total. The molecule has 0 aliphatic carbocycles. The number of hydrogen-bond acceptors (Lipinski definition) is 6. The van der Waals surface area contributed by atoms with Gasteiger partial charge >= 0.3 is 0 Å². The van der Waals surface area contributed by atoms with E-state index in [-0.39, 0.29) is 10.8 Å². The number of hydrogen-bond donors (Lipinski definition) is 0. The molecule has 0 aliphatic rings. The Labute approximate surface area is 451 Å². The van der Waals surface area contributed by atoms with Gasteiger partial charge in [-0.25, -0.2) is 0 Å². The highest BCUT2D eigenvalue weighted by molar-refractivity contribution is 6.35. The Kier molecular flexibility index (Phi) is 9.82. The van der Waals surface area contributed by atoms with E-state index in [1.807, 2.05) is 0 Å². The summed E-state index contributed by atoms with van der Waals surface area (Å²) >= 11 is 0. The molecule has 6 nitrogen and oxygen atoms in total. The molecule has 11 aromatic carbocycles. The maximum absolute atomic E-state index is 7.11. The summed E-state index contributed by atoms with van der Waals surface area (Å²) in [7, 11) is 0. The summed E-state index contributed by atoms with van der Waals surface area (Å²) in [4.78, 5) is 4.74. The third kappa shape index (κ3) is 6.95. The molecule has 0 atom stereocenters. The van der Waals surface area contributed by atoms with Crippen molar-refractivity contribution in [2.45, 2.75) is 66.2 Å². The molecular weight excluding hydrogens is 957 g/mol. The minimum atomic E-state index is -0.0802. The van der Waals surface area contributed by atoms with Crippen LogP contribution in [0, 0.1) is 13.8 Å². The van der Waals surface area contributed by atoms with Crippen LogP contribution < -0.4 is 9.80 Å². The van der Waals surface area contributed by atoms with Crippen LogP contribution in [0.2, 0.25) is 0 Å². The van der Waals surface area contributed by atoms with Crippen LogP contribution in [-0.4, -0.2) is 0 Å². The predicted octanol–water partition coefficient (Wildman–Crippen LogP) is 21.7. The number of anilines is 6. The van der Waals surface area contributed by atoms with Gasteiger partial charge in [-0.15, -0.1) is 0 Å². The van der Waals surface area contributed by atoms with Crippen molar-refractivity contribution in [3.63, 3.8) is 0 Å². The zero-order valence-electron chi connectivity index (χ0n) is 45.0. The highest BCUT2D eigenvalue weighted by atomic mass is 16.3. The maximum atomic E-state index is 7.11. The van der Waals surface area contributed by atoms with Gasteiger partial charge in [0.25, 0.3) is 0 Å². The first-order valence-electron chi connectivity index (χ1n) is 27.1. The first-order valence-corrected chi connectivity index (χ1v) is 27.1. The highest BCUT2D eigenvalue weighted by Crippen LogP contribution is 2.52. The van der Waals surface area contributed by atoms with Gasteiger partial charge in [0.1, 0.15) is 44.7 Å². The fourth-order valence-electron chi connectivity index (χ4n) is 12.5. The highest BCUT2D eigenvalue weighted by Gasteiger charge is 2.28. The first-order chi connectivity index (χ1) is 37.7. The Morgan fingerprint density at radius 3 is 1.04 bits per heavy atom. The van der Waals surface area contributed by atoms with Crippen LogP contribution in [0.3, 0.4) is 0 Å². The molecule has 15 aromatic rings. The largest absolute Gasteiger partial charge is 0.456 e. The van der Waals surface area contributed by atoms with Crippen LogP contribution in [0.25, 0.3) is 109 Å². The van der Waals surface area contributed by atoms with Gasteiger partial charge in [-0.05, 0) is 108 Å². The van der Waals surface area contributed by atoms with E-state index in [9.17, 15) is 0 Å². The molecule has 0 aliphatic heterocycles. The van der Waals surface area contributed by atoms with Crippen molar-refractivity contribution in [2.75, 3.05) is 9.80 Å². The second-order valence-electron chi connectivity index (χ2n) is 23.4. The molecule has 4 heterocycles. The molecule has 4 aromatic heterocycles. The van der Waals surface area contributed by atoms with Crippen LogP contribution in [0.5, 0.6) is 0 Å². The van der Waals surface area contributed by atoms with Crippen molar-refractivity contribution in [1.29, 1.82) is 0 Å². The molecule has 0 saturated heterocycles. The van der Waals surface area contributed by atoms with Gasteiger partial charge in [0.05, 0.1) is 11.4 Å². The average molecular weight is 1010 g/mol. The molecule has 0 radical (unpaired) electrons. The Balaban J connectivity index is 0.958. The minimum absolute atomic E-state index is 0.0802. The number of furan rings is 4. The van der Waals surface area contributed by atoms with Gasteiger partial charge in [0.2, 0.25) is 0 Å². The van der Waals surface area contributed by atoms with Gasteiger partial charge in [0, 0.05) is 99.9 Å². The van der Waals surface area contributed by atoms with E-state index in [1.54, 1.807) is 0 Å². The normalized spacial score (nSPS) is 12.6. The third-order valence-corrected chi connectivity index (χ3v) is 16.2. The fourth-order valence-corrected chi connectivity index (χ4v) is 12.5. The van der Waals surface area contributed by atoms with E-state index in [1.165, 1.54) is 22.3 Å². The van der Waals surface area contributed by atoms with E-state index in [0.29, 0.717) is 0 Å². The van der Waals surface area contributed by atoms with Gasteiger partial charge in [-0.1, -0.05) is 162 Å². The van der Waals surface area contributed by atoms with Crippen LogP contribution >= 0.6 is 0 Å². The molecule has 0 bridgehead atoms. The lowest BCUT2D eigenvalue weighted by atomic mass is 9.86. The van der Waals surface area contributed by atoms with Crippen molar-refractivity contribution in [3.8, 4) is 0 Å². The van der Waals surface area contributed by atoms with Gasteiger partial charge in [-0.3, -0.25) is 0 Å². The Morgan fingerprint density at radius 1 is 0.282 bits per heavy atom. The monoisotopic (exact) mass is 1010 g/mol. The summed E-state index contributed by atoms with van der Waals surface area (Å²) in [5.41, 5.74) is 17.6. The molecule has 15 rings (SSSR count). The van der Waals surface area contributed by atoms with Crippen LogP contribution in [0.15, 0.2) is 212 Å². The van der Waals surface area contributed by atoms with Crippen molar-refractivity contribution in [1.82, 2.24) is 0 Å². The Bertz CT molecular complexity index is 4640. The summed E-state index contributed by atoms with van der Waals surface area (Å²) in [6.07, 6.45) is 0. The second-order valence-corrected chi connectivity index (χ2v) is 23.4. The lowest BCUT2D eigenvalue weighted by molar-refractivity contribution is 0.572. The van der Waals surface area contributed by atoms with E-state index >= 15 is 0 Å². The summed E-state index contributed by atoms with van der Waals surface area (Å²) in [5.74, 6) is 0. The van der Waals surface area contributed by atoms with Crippen molar-refractivity contribution < 1.29 is 17.7 Å². The lowest BCUT2D eigenvalue weighted by Gasteiger charge is -2.27. The topological polar surface area (TPSA) is 59.0 Å². The molecule has 0 unspecified atom stereocenters. The van der Waals surface area contributed by atoms with Gasteiger partial charge in [-0.2, -0.15) is 0 Å². The maximum Gasteiger partial charge on any atom is 0.139 e. The number of nitrogens with zero attached hydrogens (tertiary/aromatic N) is 2. The Hall–Kier alpha value is -9.26. The standard InChI is InChI=1S/C72H56N2O4/c1-41-23-27-43(28-24-41)73(45-31-33-59-53(37-45)51-19-13-21-55(69(51)77-59)71(3,4)5)57-39-63-65(49-17-11-9-15-47(49)57)67-61(75-63)35-36-62-68(67)66-50-18-12-10-16-48(50)58(40-64(66)76-62)74(44-29-25-42(2)26-30-44)46-32-34-60-54(38-46)52-20-14-22-56(70(52)78-60)72(6,7)8/h9-40H,1-8H3. The molecule has 0 saturated carbocycles. The lowest BCUT2D eigenvalue weighted by Crippen LogP contribution is -2.11. The zero-order chi connectivity index (χ0) is 52.9. The zero-order valence-corrected chi connectivity index (χ0v) is 45.0. The number of para-hydroxylation sites is 2. The van der Waals surface area contributed by atoms with E-state index < -0.39 is 0 Å². The molecule has 78 heavy (non-hydrogen) atoms. The van der Waals surface area contributed by atoms with E-state index in [0.717, 1.165) is 143 Å². The fraction of sp³-hybridized carbons (Fsp3) is 0.139. The van der Waals surface area contributed by atoms with Crippen molar-refractivity contribution >= 4 is 143 Å². The summed E-state index contributed by atoms with van der Waals surface area (Å²) in [5, 5.41) is 12.9. The molecule has 378 valence electrons. The summed E-state index contributed by atoms with van der Waals surface area (Å²) < 4.78 is 27.6. The molecule has 0 fully saturated rings. The Morgan fingerprint density at radius 2 is 0.641 bits per heavy atom. The quantitative estimate of drug-likeness (QED) is 0.165. The first kappa shape index (κ1) is 46.1. The van der Waals surface area contributed by atoms with Crippen LogP contribution in [-0.2, 0) is 10.8 Å². The SMILES string of the molecule is Cc1ccc(N(c2ccc3oc4c(C(C)(C)C)cccc4c3c2)c2cc3oc4ccc5oc6cc(N(c7ccc(C)cc7)c7ccc8oc9c(C(C)(C)C)cccc9c8c7)c7ccccc7c6c5c4c3c3ccccc23)cc1. The van der Waals surface area contributed by atoms with Gasteiger partial charge < -0.3 is 27.5 Å². The van der Waals surface area contributed by atoms with Crippen LogP contribution in [0.4, 0.5) is 34.1 Å². The third-order valence-electron chi connectivity index (χ3n) is 16.2. The average Bonchev–Trinajstić information content (AvgIpc) is 4.35. The van der Waals surface area contributed by atoms with Crippen molar-refractivity contribution in [3.05, 3.63) is 216 Å².